The van der Waals surface area contributed by atoms with Gasteiger partial charge in [0.1, 0.15) is 0 Å². The van der Waals surface area contributed by atoms with Crippen LogP contribution in [0, 0.1) is 46.3 Å². The van der Waals surface area contributed by atoms with Crippen LogP contribution in [-0.2, 0) is 9.47 Å². The molecule has 0 aromatic carbocycles. The third-order valence-corrected chi connectivity index (χ3v) is 11.3. The molecule has 3 saturated carbocycles. The first kappa shape index (κ1) is 20.2. The Labute approximate surface area is 183 Å². The first-order valence-corrected chi connectivity index (χ1v) is 13.0. The Morgan fingerprint density at radius 2 is 1.87 bits per heavy atom. The van der Waals surface area contributed by atoms with Crippen LogP contribution in [-0.4, -0.2) is 29.7 Å². The minimum Gasteiger partial charge on any atom is -0.393 e. The molecule has 0 aromatic rings. The maximum absolute atomic E-state index is 10.3. The van der Waals surface area contributed by atoms with E-state index >= 15 is 0 Å². The molecule has 4 aliphatic carbocycles. The highest BCUT2D eigenvalue weighted by Gasteiger charge is 2.68. The molecule has 3 nitrogen and oxygen atoms in total. The monoisotopic (exact) mass is 414 g/mol. The highest BCUT2D eigenvalue weighted by molar-refractivity contribution is 5.26. The van der Waals surface area contributed by atoms with Gasteiger partial charge in [-0.15, -0.1) is 0 Å². The SMILES string of the molecule is C[C@H]1CC[C@@]2(OC1)O[C@H]1C[C@@H]3[C@H]4CC=C5C[C@@H](O)CC[C@@]5(C)[C@@H]4CC[C@@]3(C)[C@H]1[C@@H]2C. The van der Waals surface area contributed by atoms with Gasteiger partial charge in [-0.1, -0.05) is 39.3 Å². The summed E-state index contributed by atoms with van der Waals surface area (Å²) in [5, 5.41) is 10.3. The molecule has 6 aliphatic rings. The third kappa shape index (κ3) is 2.55. The van der Waals surface area contributed by atoms with Crippen LogP contribution in [0.4, 0.5) is 0 Å². The zero-order valence-electron chi connectivity index (χ0n) is 19.5. The lowest BCUT2D eigenvalue weighted by Gasteiger charge is -2.58. The lowest BCUT2D eigenvalue weighted by Crippen LogP contribution is -2.52. The first-order valence-electron chi connectivity index (χ1n) is 13.0. The van der Waals surface area contributed by atoms with Crippen molar-refractivity contribution in [2.24, 2.45) is 46.3 Å². The van der Waals surface area contributed by atoms with E-state index in [2.05, 4.69) is 33.8 Å². The fourth-order valence-corrected chi connectivity index (χ4v) is 9.66. The summed E-state index contributed by atoms with van der Waals surface area (Å²) in [6, 6.07) is 0. The largest absolute Gasteiger partial charge is 0.393 e. The van der Waals surface area contributed by atoms with E-state index in [0.29, 0.717) is 34.7 Å². The topological polar surface area (TPSA) is 38.7 Å². The van der Waals surface area contributed by atoms with Crippen LogP contribution in [0.5, 0.6) is 0 Å². The molecular formula is C27H42O3. The van der Waals surface area contributed by atoms with Gasteiger partial charge in [-0.2, -0.15) is 0 Å². The molecule has 0 unspecified atom stereocenters. The maximum atomic E-state index is 10.3. The maximum Gasteiger partial charge on any atom is 0.171 e. The predicted molar refractivity (Wildman–Crippen MR) is 118 cm³/mol. The Bertz CT molecular complexity index is 736. The van der Waals surface area contributed by atoms with E-state index in [9.17, 15) is 5.11 Å². The molecule has 168 valence electrons. The normalized spacial score (nSPS) is 59.8. The van der Waals surface area contributed by atoms with Gasteiger partial charge in [0.25, 0.3) is 0 Å². The van der Waals surface area contributed by atoms with E-state index in [1.807, 2.05) is 0 Å². The Morgan fingerprint density at radius 3 is 2.63 bits per heavy atom. The molecular weight excluding hydrogens is 372 g/mol. The molecule has 6 rings (SSSR count). The van der Waals surface area contributed by atoms with Gasteiger partial charge in [0, 0.05) is 12.3 Å². The predicted octanol–water partition coefficient (Wildman–Crippen LogP) is 5.71. The molecule has 0 radical (unpaired) electrons. The lowest BCUT2D eigenvalue weighted by molar-refractivity contribution is -0.272. The summed E-state index contributed by atoms with van der Waals surface area (Å²) in [6.07, 6.45) is 13.5. The Kier molecular flexibility index (Phi) is 4.44. The number of rotatable bonds is 0. The van der Waals surface area contributed by atoms with E-state index in [-0.39, 0.29) is 11.9 Å². The number of ether oxygens (including phenoxy) is 2. The molecule has 0 bridgehead atoms. The minimum absolute atomic E-state index is 0.107. The van der Waals surface area contributed by atoms with Crippen LogP contribution in [0.15, 0.2) is 11.6 Å². The Balaban J connectivity index is 1.28. The van der Waals surface area contributed by atoms with Crippen molar-refractivity contribution in [1.82, 2.24) is 0 Å². The van der Waals surface area contributed by atoms with Crippen LogP contribution < -0.4 is 0 Å². The Hall–Kier alpha value is -0.380. The molecule has 1 spiro atoms. The fourth-order valence-electron chi connectivity index (χ4n) is 9.66. The molecule has 30 heavy (non-hydrogen) atoms. The fraction of sp³-hybridized carbons (Fsp3) is 0.926. The number of aliphatic hydroxyl groups is 1. The van der Waals surface area contributed by atoms with Crippen molar-refractivity contribution in [3.05, 3.63) is 11.6 Å². The highest BCUT2D eigenvalue weighted by Crippen LogP contribution is 2.70. The first-order chi connectivity index (χ1) is 14.3. The second-order valence-corrected chi connectivity index (χ2v) is 12.7. The average Bonchev–Trinajstić information content (AvgIpc) is 3.16. The summed E-state index contributed by atoms with van der Waals surface area (Å²) >= 11 is 0. The molecule has 0 aromatic heterocycles. The van der Waals surface area contributed by atoms with Gasteiger partial charge in [0.05, 0.1) is 18.8 Å². The summed E-state index contributed by atoms with van der Waals surface area (Å²) in [4.78, 5) is 0. The van der Waals surface area contributed by atoms with Crippen LogP contribution in [0.1, 0.15) is 85.5 Å². The summed E-state index contributed by atoms with van der Waals surface area (Å²) in [5.41, 5.74) is 2.31. The van der Waals surface area contributed by atoms with Gasteiger partial charge in [-0.25, -0.2) is 0 Å². The lowest BCUT2D eigenvalue weighted by atomic mass is 9.47. The van der Waals surface area contributed by atoms with Crippen LogP contribution in [0.3, 0.4) is 0 Å². The van der Waals surface area contributed by atoms with Crippen molar-refractivity contribution in [2.45, 2.75) is 103 Å². The number of hydrogen-bond acceptors (Lipinski definition) is 3. The number of allylic oxidation sites excluding steroid dienone is 1. The molecule has 11 atom stereocenters. The molecule has 3 heteroatoms. The molecule has 0 amide bonds. The van der Waals surface area contributed by atoms with E-state index in [0.717, 1.165) is 43.6 Å². The van der Waals surface area contributed by atoms with Gasteiger partial charge >= 0.3 is 0 Å². The standard InChI is InChI=1S/C27H42O3/c1-16-7-12-27(29-15-16)17(2)24-23(30-27)14-22-20-6-5-18-13-19(28)8-10-25(18,3)21(20)9-11-26(22,24)4/h5,16-17,19-24,28H,6-15H2,1-4H3/t16-,17-,19-,20-,21+,22+,23-,24-,25+,26+,27+/m0/s1. The third-order valence-electron chi connectivity index (χ3n) is 11.3. The zero-order chi connectivity index (χ0) is 20.9. The van der Waals surface area contributed by atoms with Crippen molar-refractivity contribution in [1.29, 1.82) is 0 Å². The Morgan fingerprint density at radius 1 is 1.03 bits per heavy atom. The van der Waals surface area contributed by atoms with Gasteiger partial charge in [0.15, 0.2) is 5.79 Å². The second kappa shape index (κ2) is 6.58. The van der Waals surface area contributed by atoms with Crippen molar-refractivity contribution in [2.75, 3.05) is 6.61 Å². The average molecular weight is 415 g/mol. The summed E-state index contributed by atoms with van der Waals surface area (Å²) in [7, 11) is 0. The molecule has 2 heterocycles. The molecule has 2 saturated heterocycles. The number of fused-ring (bicyclic) bond motifs is 7. The van der Waals surface area contributed by atoms with Crippen molar-refractivity contribution in [3.8, 4) is 0 Å². The van der Waals surface area contributed by atoms with Gasteiger partial charge < -0.3 is 14.6 Å². The van der Waals surface area contributed by atoms with Crippen LogP contribution >= 0.6 is 0 Å². The minimum atomic E-state index is -0.294. The highest BCUT2D eigenvalue weighted by atomic mass is 16.7. The van der Waals surface area contributed by atoms with Gasteiger partial charge in [-0.05, 0) is 91.8 Å². The van der Waals surface area contributed by atoms with E-state index in [4.69, 9.17) is 9.47 Å². The summed E-state index contributed by atoms with van der Waals surface area (Å²) < 4.78 is 13.3. The number of aliphatic hydroxyl groups excluding tert-OH is 1. The van der Waals surface area contributed by atoms with Crippen LogP contribution in [0.2, 0.25) is 0 Å². The quantitative estimate of drug-likeness (QED) is 0.516. The van der Waals surface area contributed by atoms with Crippen molar-refractivity contribution in [3.63, 3.8) is 0 Å². The smallest absolute Gasteiger partial charge is 0.171 e. The molecule has 5 fully saturated rings. The van der Waals surface area contributed by atoms with Gasteiger partial charge in [-0.3, -0.25) is 0 Å². The molecule has 2 aliphatic heterocycles. The van der Waals surface area contributed by atoms with Crippen molar-refractivity contribution >= 4 is 0 Å². The van der Waals surface area contributed by atoms with Crippen molar-refractivity contribution < 1.29 is 14.6 Å². The zero-order valence-corrected chi connectivity index (χ0v) is 19.5. The van der Waals surface area contributed by atoms with Gasteiger partial charge in [0.2, 0.25) is 0 Å². The molecule has 1 N–H and O–H groups in total. The van der Waals surface area contributed by atoms with E-state index in [1.54, 1.807) is 5.57 Å². The number of hydrogen-bond donors (Lipinski definition) is 1. The van der Waals surface area contributed by atoms with Crippen LogP contribution in [0.25, 0.3) is 0 Å². The second-order valence-electron chi connectivity index (χ2n) is 12.7. The van der Waals surface area contributed by atoms with E-state index < -0.39 is 0 Å². The summed E-state index contributed by atoms with van der Waals surface area (Å²) in [6.45, 7) is 10.8. The summed E-state index contributed by atoms with van der Waals surface area (Å²) in [5.74, 6) is 3.94. The van der Waals surface area contributed by atoms with E-state index in [1.165, 1.54) is 38.5 Å².